The molecule has 0 saturated carbocycles. The third-order valence-corrected chi connectivity index (χ3v) is 5.39. The molecule has 0 aliphatic carbocycles. The van der Waals surface area contributed by atoms with Crippen LogP contribution < -0.4 is 10.6 Å². The molecule has 0 saturated heterocycles. The molecule has 1 atom stereocenters. The summed E-state index contributed by atoms with van der Waals surface area (Å²) in [6.45, 7) is 0. The Morgan fingerprint density at radius 3 is 2.18 bits per heavy atom. The lowest BCUT2D eigenvalue weighted by atomic mass is 10.2. The summed E-state index contributed by atoms with van der Waals surface area (Å²) in [5, 5.41) is -0.00516. The van der Waals surface area contributed by atoms with E-state index in [1.807, 2.05) is 0 Å². The lowest BCUT2D eigenvalue weighted by Gasteiger charge is -2.28. The van der Waals surface area contributed by atoms with E-state index >= 15 is 0 Å². The van der Waals surface area contributed by atoms with E-state index in [4.69, 9.17) is 40.5 Å². The van der Waals surface area contributed by atoms with Gasteiger partial charge in [0.2, 0.25) is 0 Å². The molecule has 1 amide bonds. The van der Waals surface area contributed by atoms with Crippen molar-refractivity contribution in [3.63, 3.8) is 0 Å². The summed E-state index contributed by atoms with van der Waals surface area (Å²) in [7, 11) is 0. The van der Waals surface area contributed by atoms with Crippen LogP contribution in [0.25, 0.3) is 0 Å². The van der Waals surface area contributed by atoms with E-state index in [1.165, 1.54) is 12.1 Å². The Hall–Kier alpha value is -0.280. The molecule has 1 unspecified atom stereocenters. The summed E-state index contributed by atoms with van der Waals surface area (Å²) in [4.78, 5) is 11.5. The zero-order valence-corrected chi connectivity index (χ0v) is 14.9. The quantitative estimate of drug-likeness (QED) is 0.495. The van der Waals surface area contributed by atoms with E-state index in [-0.39, 0.29) is 20.8 Å². The topological polar surface area (TPSA) is 46.3 Å². The summed E-state index contributed by atoms with van der Waals surface area (Å²) in [5.41, 5.74) is 3.69. The van der Waals surface area contributed by atoms with Gasteiger partial charge in [0.1, 0.15) is 14.9 Å². The van der Waals surface area contributed by atoms with Gasteiger partial charge in [-0.25, -0.2) is 0 Å². The van der Waals surface area contributed by atoms with Crippen molar-refractivity contribution in [1.82, 2.24) is 0 Å². The molecule has 0 radical (unpaired) electrons. The van der Waals surface area contributed by atoms with Crippen LogP contribution in [0.5, 0.6) is 0 Å². The highest BCUT2D eigenvalue weighted by atomic mass is 79.9. The number of halogens is 7. The largest absolute Gasteiger partial charge is 0.432 e. The van der Waals surface area contributed by atoms with Crippen molar-refractivity contribution in [3.8, 4) is 0 Å². The van der Waals surface area contributed by atoms with Crippen LogP contribution >= 0.6 is 62.5 Å². The maximum absolute atomic E-state index is 13.4. The molecular weight excluding hydrogens is 451 g/mol. The maximum atomic E-state index is 13.4. The maximum Gasteiger partial charge on any atom is 0.432 e. The van der Waals surface area contributed by atoms with Crippen molar-refractivity contribution in [2.24, 2.45) is 5.73 Å². The fourth-order valence-electron chi connectivity index (χ4n) is 1.83. The lowest BCUT2D eigenvalue weighted by Crippen LogP contribution is -2.33. The van der Waals surface area contributed by atoms with Crippen LogP contribution in [0, 0.1) is 0 Å². The second-order valence-electron chi connectivity index (χ2n) is 4.04. The summed E-state index contributed by atoms with van der Waals surface area (Å²) in [6.07, 6.45) is -4.83. The lowest BCUT2D eigenvalue weighted by molar-refractivity contribution is -0.115. The van der Waals surface area contributed by atoms with E-state index in [0.717, 1.165) is 4.90 Å². The number of anilines is 1. The first-order chi connectivity index (χ1) is 10.0. The van der Waals surface area contributed by atoms with Gasteiger partial charge in [0.25, 0.3) is 5.91 Å². The monoisotopic (exact) mass is 454 g/mol. The molecule has 2 rings (SSSR count). The highest BCUT2D eigenvalue weighted by Crippen LogP contribution is 2.52. The SMILES string of the molecule is NC(=O)C1=C(C(F)(F)F)N(c2c(Cl)cc(Cl)cc2Cl)C(Br)S1. The number of benzene rings is 1. The summed E-state index contributed by atoms with van der Waals surface area (Å²) < 4.78 is 39.2. The van der Waals surface area contributed by atoms with Crippen LogP contribution in [0.1, 0.15) is 0 Å². The molecule has 1 aromatic rings. The van der Waals surface area contributed by atoms with Gasteiger partial charge in [-0.05, 0) is 12.1 Å². The van der Waals surface area contributed by atoms with Gasteiger partial charge in [0.15, 0.2) is 0 Å². The highest BCUT2D eigenvalue weighted by Gasteiger charge is 2.49. The fourth-order valence-corrected chi connectivity index (χ4v) is 4.76. The minimum atomic E-state index is -4.83. The standard InChI is InChI=1S/C11H5BrCl3F3N2OS/c12-10-20(6-4(14)1-3(13)2-5(6)15)8(11(16,17)18)7(22-10)9(19)21/h1-2,10H,(H2,19,21). The number of allylic oxidation sites excluding steroid dienone is 1. The van der Waals surface area contributed by atoms with Gasteiger partial charge in [0.05, 0.1) is 15.7 Å². The molecular formula is C11H5BrCl3F3N2OS. The van der Waals surface area contributed by atoms with Gasteiger partial charge >= 0.3 is 6.18 Å². The number of hydrogen-bond donors (Lipinski definition) is 1. The average molecular weight is 456 g/mol. The van der Waals surface area contributed by atoms with E-state index in [1.54, 1.807) is 0 Å². The highest BCUT2D eigenvalue weighted by molar-refractivity contribution is 9.11. The number of amides is 1. The molecule has 11 heteroatoms. The third kappa shape index (κ3) is 3.31. The molecule has 1 aliphatic rings. The van der Waals surface area contributed by atoms with E-state index in [0.29, 0.717) is 11.8 Å². The van der Waals surface area contributed by atoms with Gasteiger partial charge in [-0.1, -0.05) is 62.5 Å². The molecule has 22 heavy (non-hydrogen) atoms. The first kappa shape index (κ1) is 18.1. The van der Waals surface area contributed by atoms with Crippen LogP contribution in [0.3, 0.4) is 0 Å². The molecule has 0 bridgehead atoms. The molecule has 0 fully saturated rings. The van der Waals surface area contributed by atoms with E-state index < -0.39 is 27.0 Å². The number of carbonyl (C=O) groups excluding carboxylic acids is 1. The summed E-state index contributed by atoms with van der Waals surface area (Å²) in [6, 6.07) is 2.51. The molecule has 1 aliphatic heterocycles. The number of primary amides is 1. The Labute approximate surface area is 150 Å². The molecule has 1 aromatic carbocycles. The van der Waals surface area contributed by atoms with Crippen LogP contribution in [0.15, 0.2) is 22.7 Å². The summed E-state index contributed by atoms with van der Waals surface area (Å²) in [5.74, 6) is -1.19. The van der Waals surface area contributed by atoms with Crippen molar-refractivity contribution in [1.29, 1.82) is 0 Å². The van der Waals surface area contributed by atoms with E-state index in [9.17, 15) is 18.0 Å². The Kier molecular flexibility index (Phi) is 5.19. The number of carbonyl (C=O) groups is 1. The zero-order valence-electron chi connectivity index (χ0n) is 10.2. The Bertz CT molecular complexity index is 660. The second-order valence-corrected chi connectivity index (χ2v) is 7.85. The van der Waals surface area contributed by atoms with Gasteiger partial charge < -0.3 is 10.6 Å². The smallest absolute Gasteiger partial charge is 0.365 e. The van der Waals surface area contributed by atoms with Crippen LogP contribution in [0.2, 0.25) is 15.1 Å². The van der Waals surface area contributed by atoms with Crippen LogP contribution in [-0.2, 0) is 4.79 Å². The second kappa shape index (κ2) is 6.32. The summed E-state index contributed by atoms with van der Waals surface area (Å²) >= 11 is 21.4. The zero-order chi connectivity index (χ0) is 16.8. The molecule has 2 N–H and O–H groups in total. The van der Waals surface area contributed by atoms with Gasteiger partial charge in [-0.15, -0.1) is 0 Å². The molecule has 3 nitrogen and oxygen atoms in total. The number of thioether (sulfide) groups is 1. The number of nitrogens with zero attached hydrogens (tertiary/aromatic N) is 1. The number of nitrogens with two attached hydrogens (primary N) is 1. The van der Waals surface area contributed by atoms with Crippen LogP contribution in [-0.4, -0.2) is 16.4 Å². The van der Waals surface area contributed by atoms with Crippen molar-refractivity contribution >= 4 is 74.1 Å². The predicted molar refractivity (Wildman–Crippen MR) is 86.5 cm³/mol. The van der Waals surface area contributed by atoms with E-state index in [2.05, 4.69) is 15.9 Å². The third-order valence-electron chi connectivity index (χ3n) is 2.59. The molecule has 0 aromatic heterocycles. The van der Waals surface area contributed by atoms with Gasteiger partial charge in [-0.2, -0.15) is 13.2 Å². The Balaban J connectivity index is 2.71. The van der Waals surface area contributed by atoms with Gasteiger partial charge in [-0.3, -0.25) is 4.79 Å². The first-order valence-corrected chi connectivity index (χ1v) is 8.32. The average Bonchev–Trinajstić information content (AvgIpc) is 2.66. The minimum absolute atomic E-state index is 0.0879. The van der Waals surface area contributed by atoms with Crippen molar-refractivity contribution in [2.45, 2.75) is 10.5 Å². The molecule has 0 spiro atoms. The Morgan fingerprint density at radius 1 is 1.27 bits per heavy atom. The fraction of sp³-hybridized carbons (Fsp3) is 0.182. The molecule has 120 valence electrons. The van der Waals surface area contributed by atoms with Gasteiger partial charge in [0, 0.05) is 5.02 Å². The normalized spacial score (nSPS) is 19.0. The minimum Gasteiger partial charge on any atom is -0.365 e. The first-order valence-electron chi connectivity index (χ1n) is 5.39. The van der Waals surface area contributed by atoms with Crippen molar-refractivity contribution < 1.29 is 18.0 Å². The Morgan fingerprint density at radius 2 is 1.77 bits per heavy atom. The number of alkyl halides is 4. The number of rotatable bonds is 2. The van der Waals surface area contributed by atoms with Crippen molar-refractivity contribution in [2.75, 3.05) is 4.90 Å². The predicted octanol–water partition coefficient (Wildman–Crippen LogP) is 5.14. The number of hydrogen-bond acceptors (Lipinski definition) is 3. The molecule has 1 heterocycles. The van der Waals surface area contributed by atoms with Crippen molar-refractivity contribution in [3.05, 3.63) is 37.8 Å². The van der Waals surface area contributed by atoms with Crippen LogP contribution in [0.4, 0.5) is 18.9 Å².